The SMILES string of the molecule is CCCC[C@@H](Oc1ccc2c(c1)C(=O)N(C)C2)[C@@H](F)CN. The van der Waals surface area contributed by atoms with Gasteiger partial charge in [-0.3, -0.25) is 4.79 Å². The molecule has 4 nitrogen and oxygen atoms in total. The Morgan fingerprint density at radius 1 is 1.48 bits per heavy atom. The number of amides is 1. The van der Waals surface area contributed by atoms with E-state index in [9.17, 15) is 9.18 Å². The topological polar surface area (TPSA) is 55.6 Å². The molecule has 2 rings (SSSR count). The molecule has 1 aliphatic heterocycles. The number of carbonyl (C=O) groups is 1. The zero-order valence-corrected chi connectivity index (χ0v) is 12.6. The molecule has 0 aromatic heterocycles. The Labute approximate surface area is 125 Å². The van der Waals surface area contributed by atoms with E-state index in [0.29, 0.717) is 24.3 Å². The van der Waals surface area contributed by atoms with Crippen molar-refractivity contribution in [2.45, 2.75) is 45.0 Å². The predicted molar refractivity (Wildman–Crippen MR) is 80.1 cm³/mol. The number of alkyl halides is 1. The first-order valence-electron chi connectivity index (χ1n) is 7.46. The molecule has 0 spiro atoms. The van der Waals surface area contributed by atoms with Crippen molar-refractivity contribution in [3.63, 3.8) is 0 Å². The number of fused-ring (bicyclic) bond motifs is 1. The minimum Gasteiger partial charge on any atom is -0.487 e. The van der Waals surface area contributed by atoms with Crippen molar-refractivity contribution in [2.75, 3.05) is 13.6 Å². The molecule has 21 heavy (non-hydrogen) atoms. The zero-order valence-electron chi connectivity index (χ0n) is 12.6. The number of hydrogen-bond donors (Lipinski definition) is 1. The van der Waals surface area contributed by atoms with Crippen molar-refractivity contribution >= 4 is 5.91 Å². The van der Waals surface area contributed by atoms with E-state index in [2.05, 4.69) is 6.92 Å². The number of ether oxygens (including phenoxy) is 1. The van der Waals surface area contributed by atoms with E-state index in [1.807, 2.05) is 6.07 Å². The fourth-order valence-electron chi connectivity index (χ4n) is 2.54. The summed E-state index contributed by atoms with van der Waals surface area (Å²) in [5.74, 6) is 0.519. The van der Waals surface area contributed by atoms with Crippen LogP contribution in [0.3, 0.4) is 0 Å². The third-order valence-corrected chi connectivity index (χ3v) is 3.82. The van der Waals surface area contributed by atoms with Gasteiger partial charge in [0.1, 0.15) is 18.0 Å². The van der Waals surface area contributed by atoms with E-state index in [1.165, 1.54) is 0 Å². The molecule has 1 heterocycles. The van der Waals surface area contributed by atoms with Gasteiger partial charge < -0.3 is 15.4 Å². The standard InChI is InChI=1S/C16H23FN2O2/c1-3-4-5-15(14(17)9-18)21-12-7-6-11-10-19(2)16(20)13(11)8-12/h6-8,14-15H,3-5,9-10,18H2,1-2H3/t14-,15+/m0/s1. The van der Waals surface area contributed by atoms with Gasteiger partial charge in [-0.05, 0) is 30.5 Å². The van der Waals surface area contributed by atoms with Gasteiger partial charge in [0.25, 0.3) is 5.91 Å². The summed E-state index contributed by atoms with van der Waals surface area (Å²) in [5.41, 5.74) is 7.04. The number of nitrogens with two attached hydrogens (primary N) is 1. The highest BCUT2D eigenvalue weighted by molar-refractivity contribution is 5.98. The van der Waals surface area contributed by atoms with Crippen molar-refractivity contribution in [1.29, 1.82) is 0 Å². The second-order valence-electron chi connectivity index (χ2n) is 5.53. The van der Waals surface area contributed by atoms with E-state index in [4.69, 9.17) is 10.5 Å². The molecule has 0 fully saturated rings. The lowest BCUT2D eigenvalue weighted by atomic mass is 10.1. The summed E-state index contributed by atoms with van der Waals surface area (Å²) in [6, 6.07) is 5.38. The molecule has 5 heteroatoms. The molecule has 0 saturated carbocycles. The summed E-state index contributed by atoms with van der Waals surface area (Å²) in [7, 11) is 1.76. The second kappa shape index (κ2) is 6.89. The Hall–Kier alpha value is -1.62. The number of halogens is 1. The fourth-order valence-corrected chi connectivity index (χ4v) is 2.54. The van der Waals surface area contributed by atoms with Crippen molar-refractivity contribution in [3.8, 4) is 5.75 Å². The quantitative estimate of drug-likeness (QED) is 0.840. The number of benzene rings is 1. The first-order chi connectivity index (χ1) is 10.1. The Bertz CT molecular complexity index is 507. The van der Waals surface area contributed by atoms with Crippen LogP contribution in [0.2, 0.25) is 0 Å². The van der Waals surface area contributed by atoms with Crippen LogP contribution in [0.4, 0.5) is 4.39 Å². The second-order valence-corrected chi connectivity index (χ2v) is 5.53. The Morgan fingerprint density at radius 3 is 2.90 bits per heavy atom. The van der Waals surface area contributed by atoms with E-state index in [-0.39, 0.29) is 12.5 Å². The van der Waals surface area contributed by atoms with Gasteiger partial charge in [-0.2, -0.15) is 0 Å². The molecule has 116 valence electrons. The van der Waals surface area contributed by atoms with Crippen LogP contribution in [-0.2, 0) is 6.54 Å². The summed E-state index contributed by atoms with van der Waals surface area (Å²) in [5, 5.41) is 0. The summed E-state index contributed by atoms with van der Waals surface area (Å²) in [4.78, 5) is 13.6. The minimum atomic E-state index is -1.19. The molecule has 0 unspecified atom stereocenters. The first kappa shape index (κ1) is 15.8. The van der Waals surface area contributed by atoms with E-state index in [1.54, 1.807) is 24.1 Å². The van der Waals surface area contributed by atoms with Gasteiger partial charge in [-0.15, -0.1) is 0 Å². The highest BCUT2D eigenvalue weighted by atomic mass is 19.1. The van der Waals surface area contributed by atoms with Gasteiger partial charge in [0.05, 0.1) is 0 Å². The molecule has 0 radical (unpaired) electrons. The maximum absolute atomic E-state index is 13.9. The van der Waals surface area contributed by atoms with E-state index in [0.717, 1.165) is 18.4 Å². The maximum Gasteiger partial charge on any atom is 0.254 e. The van der Waals surface area contributed by atoms with Crippen molar-refractivity contribution in [2.24, 2.45) is 5.73 Å². The van der Waals surface area contributed by atoms with Crippen LogP contribution < -0.4 is 10.5 Å². The van der Waals surface area contributed by atoms with Crippen LogP contribution >= 0.6 is 0 Å². The van der Waals surface area contributed by atoms with Gasteiger partial charge in [0.2, 0.25) is 0 Å². The van der Waals surface area contributed by atoms with E-state index >= 15 is 0 Å². The smallest absolute Gasteiger partial charge is 0.254 e. The van der Waals surface area contributed by atoms with Crippen molar-refractivity contribution in [3.05, 3.63) is 29.3 Å². The Morgan fingerprint density at radius 2 is 2.24 bits per heavy atom. The highest BCUT2D eigenvalue weighted by Gasteiger charge is 2.26. The number of hydrogen-bond acceptors (Lipinski definition) is 3. The average molecular weight is 294 g/mol. The lowest BCUT2D eigenvalue weighted by Crippen LogP contribution is -2.34. The Balaban J connectivity index is 2.13. The molecule has 2 N–H and O–H groups in total. The molecule has 1 amide bonds. The molecule has 2 atom stereocenters. The molecule has 1 aliphatic rings. The lowest BCUT2D eigenvalue weighted by Gasteiger charge is -2.22. The van der Waals surface area contributed by atoms with Crippen LogP contribution in [0.15, 0.2) is 18.2 Å². The monoisotopic (exact) mass is 294 g/mol. The third-order valence-electron chi connectivity index (χ3n) is 3.82. The first-order valence-corrected chi connectivity index (χ1v) is 7.46. The maximum atomic E-state index is 13.9. The number of unbranched alkanes of at least 4 members (excludes halogenated alkanes) is 1. The van der Waals surface area contributed by atoms with Gasteiger partial charge in [-0.1, -0.05) is 19.4 Å². The minimum absolute atomic E-state index is 0.0174. The normalized spacial score (nSPS) is 16.8. The van der Waals surface area contributed by atoms with Crippen molar-refractivity contribution < 1.29 is 13.9 Å². The van der Waals surface area contributed by atoms with Gasteiger partial charge >= 0.3 is 0 Å². The lowest BCUT2D eigenvalue weighted by molar-refractivity contribution is 0.0813. The molecule has 0 aliphatic carbocycles. The summed E-state index contributed by atoms with van der Waals surface area (Å²) in [6.07, 6.45) is 0.743. The average Bonchev–Trinajstić information content (AvgIpc) is 2.77. The van der Waals surface area contributed by atoms with E-state index < -0.39 is 12.3 Å². The number of rotatable bonds is 7. The molecular weight excluding hydrogens is 271 g/mol. The van der Waals surface area contributed by atoms with Gasteiger partial charge in [0, 0.05) is 25.7 Å². The third kappa shape index (κ3) is 3.53. The summed E-state index contributed by atoms with van der Waals surface area (Å²) < 4.78 is 19.6. The van der Waals surface area contributed by atoms with Crippen LogP contribution in [-0.4, -0.2) is 36.7 Å². The molecule has 1 aromatic rings. The van der Waals surface area contributed by atoms with Crippen LogP contribution in [0.25, 0.3) is 0 Å². The summed E-state index contributed by atoms with van der Waals surface area (Å²) >= 11 is 0. The van der Waals surface area contributed by atoms with Gasteiger partial charge in [0.15, 0.2) is 0 Å². The van der Waals surface area contributed by atoms with Crippen LogP contribution in [0, 0.1) is 0 Å². The molecule has 1 aromatic carbocycles. The number of carbonyl (C=O) groups excluding carboxylic acids is 1. The zero-order chi connectivity index (χ0) is 15.4. The molecular formula is C16H23FN2O2. The summed E-state index contributed by atoms with van der Waals surface area (Å²) in [6.45, 7) is 2.61. The molecule has 0 saturated heterocycles. The molecule has 0 bridgehead atoms. The predicted octanol–water partition coefficient (Wildman–Crippen LogP) is 2.51. The fraction of sp³-hybridized carbons (Fsp3) is 0.562. The largest absolute Gasteiger partial charge is 0.487 e. The highest BCUT2D eigenvalue weighted by Crippen LogP contribution is 2.27. The van der Waals surface area contributed by atoms with Gasteiger partial charge in [-0.25, -0.2) is 4.39 Å². The number of nitrogens with zero attached hydrogens (tertiary/aromatic N) is 1. The van der Waals surface area contributed by atoms with Crippen LogP contribution in [0.1, 0.15) is 42.1 Å². The van der Waals surface area contributed by atoms with Crippen LogP contribution in [0.5, 0.6) is 5.75 Å². The van der Waals surface area contributed by atoms with Crippen molar-refractivity contribution in [1.82, 2.24) is 4.90 Å². The Kier molecular flexibility index (Phi) is 5.17.